The van der Waals surface area contributed by atoms with Crippen LogP contribution in [-0.2, 0) is 10.4 Å². The number of carboxylic acid groups (broad SMARTS) is 1. The molecule has 2 N–H and O–H groups in total. The molecule has 0 saturated carbocycles. The molecule has 1 rings (SSSR count). The lowest BCUT2D eigenvalue weighted by atomic mass is 9.80. The van der Waals surface area contributed by atoms with E-state index in [9.17, 15) is 14.3 Å². The number of carboxylic acids is 1. The first-order chi connectivity index (χ1) is 8.31. The molecule has 0 radical (unpaired) electrons. The zero-order valence-corrected chi connectivity index (χ0v) is 10.6. The summed E-state index contributed by atoms with van der Waals surface area (Å²) in [4.78, 5) is 10.9. The van der Waals surface area contributed by atoms with Gasteiger partial charge in [0.1, 0.15) is 17.2 Å². The van der Waals surface area contributed by atoms with Crippen LogP contribution < -0.4 is 4.74 Å². The summed E-state index contributed by atoms with van der Waals surface area (Å²) in [5, 5.41) is 19.4. The molecule has 0 spiro atoms. The first kappa shape index (κ1) is 14.4. The Hall–Kier alpha value is -1.62. The Bertz CT molecular complexity index is 445. The van der Waals surface area contributed by atoms with Gasteiger partial charge in [-0.05, 0) is 24.1 Å². The summed E-state index contributed by atoms with van der Waals surface area (Å²) in [5.74, 6) is -1.83. The van der Waals surface area contributed by atoms with Gasteiger partial charge >= 0.3 is 5.97 Å². The van der Waals surface area contributed by atoms with Crippen LogP contribution in [0.4, 0.5) is 4.39 Å². The van der Waals surface area contributed by atoms with Crippen LogP contribution in [0.25, 0.3) is 0 Å². The van der Waals surface area contributed by atoms with Crippen molar-refractivity contribution in [2.24, 2.45) is 5.92 Å². The Balaban J connectivity index is 3.37. The van der Waals surface area contributed by atoms with E-state index in [-0.39, 0.29) is 11.3 Å². The second kappa shape index (κ2) is 5.35. The molecular formula is C13H17FO4. The third kappa shape index (κ3) is 2.79. The monoisotopic (exact) mass is 256 g/mol. The van der Waals surface area contributed by atoms with Crippen molar-refractivity contribution in [2.45, 2.75) is 25.9 Å². The minimum Gasteiger partial charge on any atom is -0.496 e. The lowest BCUT2D eigenvalue weighted by Gasteiger charge is -2.32. The first-order valence-electron chi connectivity index (χ1n) is 5.59. The van der Waals surface area contributed by atoms with E-state index in [0.29, 0.717) is 0 Å². The molecule has 1 aromatic rings. The predicted molar refractivity (Wildman–Crippen MR) is 63.9 cm³/mol. The van der Waals surface area contributed by atoms with Crippen LogP contribution in [-0.4, -0.2) is 23.3 Å². The largest absolute Gasteiger partial charge is 0.496 e. The summed E-state index contributed by atoms with van der Waals surface area (Å²) in [6, 6.07) is 3.69. The van der Waals surface area contributed by atoms with Crippen molar-refractivity contribution in [3.05, 3.63) is 29.6 Å². The number of methoxy groups -OCH3 is 1. The second-order valence-corrected chi connectivity index (χ2v) is 4.49. The predicted octanol–water partition coefficient (Wildman–Crippen LogP) is 2.15. The fourth-order valence-corrected chi connectivity index (χ4v) is 1.86. The summed E-state index contributed by atoms with van der Waals surface area (Å²) in [7, 11) is 1.39. The van der Waals surface area contributed by atoms with E-state index in [1.54, 1.807) is 13.8 Å². The van der Waals surface area contributed by atoms with Crippen molar-refractivity contribution < 1.29 is 24.1 Å². The molecule has 1 aromatic carbocycles. The molecule has 18 heavy (non-hydrogen) atoms. The zero-order chi connectivity index (χ0) is 13.9. The van der Waals surface area contributed by atoms with E-state index >= 15 is 0 Å². The molecule has 4 nitrogen and oxygen atoms in total. The lowest BCUT2D eigenvalue weighted by Crippen LogP contribution is -2.35. The Morgan fingerprint density at radius 3 is 2.56 bits per heavy atom. The van der Waals surface area contributed by atoms with Crippen molar-refractivity contribution in [3.63, 3.8) is 0 Å². The molecule has 0 fully saturated rings. The van der Waals surface area contributed by atoms with Crippen LogP contribution >= 0.6 is 0 Å². The van der Waals surface area contributed by atoms with Crippen molar-refractivity contribution in [3.8, 4) is 5.75 Å². The third-order valence-corrected chi connectivity index (χ3v) is 3.00. The van der Waals surface area contributed by atoms with Gasteiger partial charge in [-0.2, -0.15) is 0 Å². The highest BCUT2D eigenvalue weighted by Gasteiger charge is 2.38. The highest BCUT2D eigenvalue weighted by Crippen LogP contribution is 2.38. The Labute approximate surface area is 105 Å². The maximum Gasteiger partial charge on any atom is 0.306 e. The molecule has 5 heteroatoms. The number of rotatable bonds is 5. The van der Waals surface area contributed by atoms with Gasteiger partial charge in [-0.1, -0.05) is 13.8 Å². The Morgan fingerprint density at radius 1 is 1.50 bits per heavy atom. The fraction of sp³-hybridized carbons (Fsp3) is 0.462. The summed E-state index contributed by atoms with van der Waals surface area (Å²) >= 11 is 0. The fourth-order valence-electron chi connectivity index (χ4n) is 1.86. The average Bonchev–Trinajstić information content (AvgIpc) is 2.27. The van der Waals surface area contributed by atoms with Crippen molar-refractivity contribution in [1.82, 2.24) is 0 Å². The van der Waals surface area contributed by atoms with Crippen LogP contribution in [0.3, 0.4) is 0 Å². The highest BCUT2D eigenvalue weighted by atomic mass is 19.1. The normalized spacial score (nSPS) is 14.3. The van der Waals surface area contributed by atoms with Gasteiger partial charge in [0.15, 0.2) is 0 Å². The Morgan fingerprint density at radius 2 is 2.11 bits per heavy atom. The van der Waals surface area contributed by atoms with E-state index in [2.05, 4.69) is 0 Å². The van der Waals surface area contributed by atoms with Gasteiger partial charge < -0.3 is 14.9 Å². The van der Waals surface area contributed by atoms with Crippen molar-refractivity contribution >= 4 is 5.97 Å². The van der Waals surface area contributed by atoms with Crippen LogP contribution in [0.2, 0.25) is 0 Å². The van der Waals surface area contributed by atoms with Crippen molar-refractivity contribution in [2.75, 3.05) is 7.11 Å². The second-order valence-electron chi connectivity index (χ2n) is 4.49. The van der Waals surface area contributed by atoms with Crippen LogP contribution in [0.15, 0.2) is 18.2 Å². The zero-order valence-electron chi connectivity index (χ0n) is 10.6. The maximum absolute atomic E-state index is 13.3. The molecule has 0 heterocycles. The minimum atomic E-state index is -1.67. The summed E-state index contributed by atoms with van der Waals surface area (Å²) in [6.07, 6.45) is -0.509. The Kier molecular flexibility index (Phi) is 4.29. The third-order valence-electron chi connectivity index (χ3n) is 3.00. The number of aliphatic hydroxyl groups is 1. The number of carbonyl (C=O) groups is 1. The highest BCUT2D eigenvalue weighted by molar-refractivity contribution is 5.69. The molecule has 0 aliphatic rings. The molecule has 1 unspecified atom stereocenters. The van der Waals surface area contributed by atoms with E-state index in [1.165, 1.54) is 19.2 Å². The lowest BCUT2D eigenvalue weighted by molar-refractivity contribution is -0.145. The molecule has 0 aliphatic carbocycles. The van der Waals surface area contributed by atoms with Gasteiger partial charge in [0.05, 0.1) is 13.5 Å². The van der Waals surface area contributed by atoms with Gasteiger partial charge in [-0.15, -0.1) is 0 Å². The quantitative estimate of drug-likeness (QED) is 0.847. The van der Waals surface area contributed by atoms with E-state index < -0.39 is 29.7 Å². The number of aliphatic carboxylic acids is 1. The molecule has 100 valence electrons. The molecule has 0 aromatic heterocycles. The molecule has 1 atom stereocenters. The van der Waals surface area contributed by atoms with Gasteiger partial charge in [0.2, 0.25) is 0 Å². The SMILES string of the molecule is COc1ccc(F)cc1C(O)(CC(=O)O)C(C)C. The maximum atomic E-state index is 13.3. The summed E-state index contributed by atoms with van der Waals surface area (Å²) in [5.41, 5.74) is -1.51. The summed E-state index contributed by atoms with van der Waals surface area (Å²) < 4.78 is 18.4. The van der Waals surface area contributed by atoms with Crippen molar-refractivity contribution in [1.29, 1.82) is 0 Å². The van der Waals surface area contributed by atoms with Crippen LogP contribution in [0.1, 0.15) is 25.8 Å². The number of halogens is 1. The van der Waals surface area contributed by atoms with E-state index in [0.717, 1.165) is 6.07 Å². The molecule has 0 saturated heterocycles. The average molecular weight is 256 g/mol. The van der Waals surface area contributed by atoms with Gasteiger partial charge in [0.25, 0.3) is 0 Å². The minimum absolute atomic E-state index is 0.155. The first-order valence-corrected chi connectivity index (χ1v) is 5.59. The standard InChI is InChI=1S/C13H17FO4/c1-8(2)13(17,7-12(15)16)10-6-9(14)4-5-11(10)18-3/h4-6,8,17H,7H2,1-3H3,(H,15,16). The van der Waals surface area contributed by atoms with Crippen LogP contribution in [0, 0.1) is 11.7 Å². The molecule has 0 aliphatic heterocycles. The van der Waals surface area contributed by atoms with Gasteiger partial charge in [0, 0.05) is 5.56 Å². The van der Waals surface area contributed by atoms with E-state index in [4.69, 9.17) is 9.84 Å². The molecule has 0 amide bonds. The topological polar surface area (TPSA) is 66.8 Å². The number of ether oxygens (including phenoxy) is 1. The van der Waals surface area contributed by atoms with Gasteiger partial charge in [-0.3, -0.25) is 4.79 Å². The molecule has 0 bridgehead atoms. The smallest absolute Gasteiger partial charge is 0.306 e. The van der Waals surface area contributed by atoms with E-state index in [1.807, 2.05) is 0 Å². The number of hydrogen-bond donors (Lipinski definition) is 2. The number of hydrogen-bond acceptors (Lipinski definition) is 3. The number of benzene rings is 1. The summed E-state index contributed by atoms with van der Waals surface area (Å²) in [6.45, 7) is 3.35. The van der Waals surface area contributed by atoms with Gasteiger partial charge in [-0.25, -0.2) is 4.39 Å². The molecular weight excluding hydrogens is 239 g/mol. The van der Waals surface area contributed by atoms with Crippen LogP contribution in [0.5, 0.6) is 5.75 Å².